The van der Waals surface area contributed by atoms with Gasteiger partial charge in [-0.3, -0.25) is 9.53 Å². The van der Waals surface area contributed by atoms with Crippen LogP contribution in [0.5, 0.6) is 0 Å². The van der Waals surface area contributed by atoms with Crippen LogP contribution in [-0.2, 0) is 78.6 Å². The monoisotopic (exact) mass is 754 g/mol. The molecule has 9 atom stereocenters. The van der Waals surface area contributed by atoms with Gasteiger partial charge in [-0.15, -0.1) is 6.58 Å². The first-order valence-corrected chi connectivity index (χ1v) is 18.6. The quantitative estimate of drug-likeness (QED) is 0.0739. The third kappa shape index (κ3) is 12.1. The molecule has 292 valence electrons. The third-order valence-corrected chi connectivity index (χ3v) is 9.07. The van der Waals surface area contributed by atoms with E-state index in [2.05, 4.69) is 6.58 Å². The smallest absolute Gasteiger partial charge is 0.305 e. The van der Waals surface area contributed by atoms with Crippen LogP contribution in [0.15, 0.2) is 134 Å². The van der Waals surface area contributed by atoms with Gasteiger partial charge in [-0.05, 0) is 29.2 Å². The van der Waals surface area contributed by atoms with Crippen LogP contribution in [0.4, 0.5) is 0 Å². The average Bonchev–Trinajstić information content (AvgIpc) is 3.21. The molecule has 2 heterocycles. The molecule has 0 unspecified atom stereocenters. The van der Waals surface area contributed by atoms with Crippen molar-refractivity contribution < 1.29 is 52.2 Å². The Kier molecular flexibility index (Phi) is 15.5. The SMILES string of the molecule is C=CCO[C@H]1O[C@@H](OC(C)=O)[C@@H](O[C@@H]2O[C@@H](C)[C@@H](OCc3ccccc3)[C@@H](OCc3ccccc3)[C@@H]2OCc2ccccc2)[C@@H](COCc2ccccc2)O1. The van der Waals surface area contributed by atoms with Gasteiger partial charge in [0.15, 0.2) is 12.4 Å². The van der Waals surface area contributed by atoms with Crippen molar-refractivity contribution in [1.29, 1.82) is 0 Å². The van der Waals surface area contributed by atoms with Crippen molar-refractivity contribution in [3.63, 3.8) is 0 Å². The molecule has 0 saturated carbocycles. The summed E-state index contributed by atoms with van der Waals surface area (Å²) in [4.78, 5) is 12.5. The Morgan fingerprint density at radius 3 is 1.60 bits per heavy atom. The van der Waals surface area contributed by atoms with Gasteiger partial charge in [-0.2, -0.15) is 0 Å². The lowest BCUT2D eigenvalue weighted by atomic mass is 9.98. The summed E-state index contributed by atoms with van der Waals surface area (Å²) in [6.45, 7) is 7.05. The van der Waals surface area contributed by atoms with Crippen molar-refractivity contribution in [2.45, 2.75) is 96.0 Å². The molecule has 11 nitrogen and oxygen atoms in total. The van der Waals surface area contributed by atoms with Crippen LogP contribution < -0.4 is 0 Å². The molecule has 2 aliphatic heterocycles. The first-order chi connectivity index (χ1) is 27.0. The van der Waals surface area contributed by atoms with Gasteiger partial charge in [0.1, 0.15) is 24.4 Å². The zero-order valence-corrected chi connectivity index (χ0v) is 31.3. The highest BCUT2D eigenvalue weighted by atomic mass is 16.9. The molecule has 2 saturated heterocycles. The maximum atomic E-state index is 12.5. The molecule has 2 fully saturated rings. The van der Waals surface area contributed by atoms with E-state index < -0.39 is 61.6 Å². The molecule has 0 radical (unpaired) electrons. The first-order valence-electron chi connectivity index (χ1n) is 18.6. The molecule has 4 aromatic carbocycles. The Hall–Kier alpha value is -4.27. The van der Waals surface area contributed by atoms with Crippen molar-refractivity contribution in [1.82, 2.24) is 0 Å². The molecule has 0 aromatic heterocycles. The normalized spacial score (nSPS) is 26.6. The summed E-state index contributed by atoms with van der Waals surface area (Å²) >= 11 is 0. The number of esters is 1. The van der Waals surface area contributed by atoms with Crippen molar-refractivity contribution in [3.05, 3.63) is 156 Å². The molecular formula is C44H50O11. The molecular weight excluding hydrogens is 704 g/mol. The fraction of sp³-hybridized carbons (Fsp3) is 0.386. The zero-order chi connectivity index (χ0) is 38.2. The van der Waals surface area contributed by atoms with E-state index in [0.29, 0.717) is 13.2 Å². The van der Waals surface area contributed by atoms with Crippen LogP contribution in [0.2, 0.25) is 0 Å². The van der Waals surface area contributed by atoms with E-state index in [4.69, 9.17) is 47.4 Å². The summed E-state index contributed by atoms with van der Waals surface area (Å²) in [5.74, 6) is -0.583. The molecule has 4 aromatic rings. The number of ether oxygens (including phenoxy) is 10. The van der Waals surface area contributed by atoms with Crippen molar-refractivity contribution in [3.8, 4) is 0 Å². The first kappa shape index (κ1) is 40.4. The predicted octanol–water partition coefficient (Wildman–Crippen LogP) is 6.88. The lowest BCUT2D eigenvalue weighted by Crippen LogP contribution is -2.63. The summed E-state index contributed by atoms with van der Waals surface area (Å²) < 4.78 is 63.3. The average molecular weight is 755 g/mol. The Balaban J connectivity index is 1.30. The summed E-state index contributed by atoms with van der Waals surface area (Å²) in [7, 11) is 0. The lowest BCUT2D eigenvalue weighted by molar-refractivity contribution is -0.430. The molecule has 0 spiro atoms. The fourth-order valence-electron chi connectivity index (χ4n) is 6.38. The highest BCUT2D eigenvalue weighted by Gasteiger charge is 2.52. The van der Waals surface area contributed by atoms with Gasteiger partial charge in [0.2, 0.25) is 6.29 Å². The second-order valence-electron chi connectivity index (χ2n) is 13.3. The van der Waals surface area contributed by atoms with E-state index >= 15 is 0 Å². The van der Waals surface area contributed by atoms with Gasteiger partial charge in [0, 0.05) is 6.92 Å². The van der Waals surface area contributed by atoms with E-state index in [9.17, 15) is 4.79 Å². The number of benzene rings is 4. The molecule has 0 N–H and O–H groups in total. The lowest BCUT2D eigenvalue weighted by Gasteiger charge is -2.47. The molecule has 11 heteroatoms. The topological polar surface area (TPSA) is 109 Å². The standard InChI is InChI=1S/C44H50O11/c1-4-25-47-44-53-37(30-46-26-33-17-9-5-10-18-33)39(42(55-44)52-32(3)45)54-43-41(50-29-36-23-15-8-16-24-36)40(49-28-35-21-13-7-14-22-35)38(31(2)51-43)48-27-34-19-11-6-12-20-34/h4-24,31,37-44H,1,25-30H2,2-3H3/t31-,37+,38+,39-,40+,41-,42+,43-,44+/m0/s1. The molecule has 0 aliphatic carbocycles. The second-order valence-corrected chi connectivity index (χ2v) is 13.3. The Labute approximate surface area is 322 Å². The highest BCUT2D eigenvalue weighted by Crippen LogP contribution is 2.34. The molecule has 6 rings (SSSR count). The third-order valence-electron chi connectivity index (χ3n) is 9.07. The van der Waals surface area contributed by atoms with Crippen molar-refractivity contribution in [2.24, 2.45) is 0 Å². The van der Waals surface area contributed by atoms with E-state index in [1.807, 2.05) is 128 Å². The molecule has 2 aliphatic rings. The fourth-order valence-corrected chi connectivity index (χ4v) is 6.38. The number of hydrogen-bond acceptors (Lipinski definition) is 11. The van der Waals surface area contributed by atoms with Crippen molar-refractivity contribution in [2.75, 3.05) is 13.2 Å². The van der Waals surface area contributed by atoms with Gasteiger partial charge >= 0.3 is 5.97 Å². The van der Waals surface area contributed by atoms with E-state index in [-0.39, 0.29) is 26.4 Å². The molecule has 55 heavy (non-hydrogen) atoms. The van der Waals surface area contributed by atoms with Crippen LogP contribution in [-0.4, -0.2) is 74.9 Å². The predicted molar refractivity (Wildman–Crippen MR) is 202 cm³/mol. The summed E-state index contributed by atoms with van der Waals surface area (Å²) in [6.07, 6.45) is -5.22. The van der Waals surface area contributed by atoms with E-state index in [1.54, 1.807) is 6.08 Å². The van der Waals surface area contributed by atoms with Gasteiger partial charge in [-0.1, -0.05) is 127 Å². The summed E-state index contributed by atoms with van der Waals surface area (Å²) in [5, 5.41) is 0. The molecule has 0 amide bonds. The van der Waals surface area contributed by atoms with E-state index in [0.717, 1.165) is 22.3 Å². The van der Waals surface area contributed by atoms with Crippen LogP contribution in [0, 0.1) is 0 Å². The number of carbonyl (C=O) groups is 1. The number of carbonyl (C=O) groups excluding carboxylic acids is 1. The minimum Gasteiger partial charge on any atom is -0.433 e. The Morgan fingerprint density at radius 2 is 1.09 bits per heavy atom. The number of rotatable bonds is 19. The maximum Gasteiger partial charge on any atom is 0.305 e. The van der Waals surface area contributed by atoms with Gasteiger partial charge in [0.05, 0.1) is 45.7 Å². The zero-order valence-electron chi connectivity index (χ0n) is 31.3. The Bertz CT molecular complexity index is 1690. The van der Waals surface area contributed by atoms with Crippen LogP contribution in [0.3, 0.4) is 0 Å². The number of hydrogen-bond donors (Lipinski definition) is 0. The largest absolute Gasteiger partial charge is 0.433 e. The maximum absolute atomic E-state index is 12.5. The second kappa shape index (κ2) is 21.1. The minimum atomic E-state index is -1.25. The van der Waals surface area contributed by atoms with E-state index in [1.165, 1.54) is 6.92 Å². The highest BCUT2D eigenvalue weighted by molar-refractivity contribution is 5.66. The minimum absolute atomic E-state index is 0.0448. The summed E-state index contributed by atoms with van der Waals surface area (Å²) in [5.41, 5.74) is 3.90. The van der Waals surface area contributed by atoms with Crippen molar-refractivity contribution >= 4 is 5.97 Å². The van der Waals surface area contributed by atoms with Gasteiger partial charge in [-0.25, -0.2) is 0 Å². The van der Waals surface area contributed by atoms with Crippen LogP contribution in [0.1, 0.15) is 36.1 Å². The van der Waals surface area contributed by atoms with Crippen LogP contribution >= 0.6 is 0 Å². The van der Waals surface area contributed by atoms with Gasteiger partial charge in [0.25, 0.3) is 6.48 Å². The van der Waals surface area contributed by atoms with Crippen LogP contribution in [0.25, 0.3) is 0 Å². The Morgan fingerprint density at radius 1 is 0.600 bits per heavy atom. The summed E-state index contributed by atoms with van der Waals surface area (Å²) in [6, 6.07) is 39.4. The molecule has 0 bridgehead atoms. The van der Waals surface area contributed by atoms with Gasteiger partial charge < -0.3 is 42.6 Å².